The van der Waals surface area contributed by atoms with Crippen molar-refractivity contribution >= 4 is 11.7 Å². The number of aromatic nitrogens is 2. The highest BCUT2D eigenvalue weighted by molar-refractivity contribution is 5.89. The van der Waals surface area contributed by atoms with Crippen molar-refractivity contribution in [3.63, 3.8) is 0 Å². The van der Waals surface area contributed by atoms with Gasteiger partial charge in [0.05, 0.1) is 6.33 Å². The van der Waals surface area contributed by atoms with Crippen molar-refractivity contribution in [1.29, 1.82) is 0 Å². The molecule has 0 fully saturated rings. The number of nitrogens with one attached hydrogen (secondary N) is 2. The van der Waals surface area contributed by atoms with Crippen molar-refractivity contribution in [2.45, 2.75) is 46.1 Å². The number of nitrogens with zero attached hydrogens (tertiary/aromatic N) is 2. The molecule has 1 heterocycles. The second kappa shape index (κ2) is 9.75. The van der Waals surface area contributed by atoms with Crippen LogP contribution in [0.2, 0.25) is 0 Å². The summed E-state index contributed by atoms with van der Waals surface area (Å²) in [5.74, 6) is 0.563. The molecule has 0 aliphatic rings. The zero-order valence-electron chi connectivity index (χ0n) is 14.7. The first-order valence-electron chi connectivity index (χ1n) is 8.80. The number of rotatable bonds is 9. The lowest BCUT2D eigenvalue weighted by Gasteiger charge is -2.15. The van der Waals surface area contributed by atoms with E-state index in [9.17, 15) is 4.79 Å². The molecule has 1 aromatic carbocycles. The summed E-state index contributed by atoms with van der Waals surface area (Å²) >= 11 is 0. The Morgan fingerprint density at radius 3 is 2.67 bits per heavy atom. The van der Waals surface area contributed by atoms with Crippen molar-refractivity contribution in [2.24, 2.45) is 5.92 Å². The largest absolute Gasteiger partial charge is 0.338 e. The fraction of sp³-hybridized carbons (Fsp3) is 0.474. The van der Waals surface area contributed by atoms with Crippen LogP contribution >= 0.6 is 0 Å². The minimum atomic E-state index is -0.132. The van der Waals surface area contributed by atoms with Crippen molar-refractivity contribution in [3.8, 4) is 0 Å². The van der Waals surface area contributed by atoms with Crippen molar-refractivity contribution in [3.05, 3.63) is 48.5 Å². The molecule has 5 heteroatoms. The summed E-state index contributed by atoms with van der Waals surface area (Å²) in [5, 5.41) is 5.87. The third-order valence-corrected chi connectivity index (χ3v) is 4.23. The number of benzene rings is 1. The van der Waals surface area contributed by atoms with Gasteiger partial charge in [0.25, 0.3) is 0 Å². The molecule has 1 unspecified atom stereocenters. The topological polar surface area (TPSA) is 59.0 Å². The molecule has 24 heavy (non-hydrogen) atoms. The molecule has 0 radical (unpaired) electrons. The molecule has 0 bridgehead atoms. The van der Waals surface area contributed by atoms with Crippen LogP contribution in [-0.4, -0.2) is 22.1 Å². The van der Waals surface area contributed by atoms with Crippen molar-refractivity contribution in [1.82, 2.24) is 14.9 Å². The number of anilines is 1. The van der Waals surface area contributed by atoms with Gasteiger partial charge in [0.2, 0.25) is 0 Å². The summed E-state index contributed by atoms with van der Waals surface area (Å²) < 4.78 is 2.01. The van der Waals surface area contributed by atoms with Crippen LogP contribution in [0.3, 0.4) is 0 Å². The van der Waals surface area contributed by atoms with E-state index in [0.29, 0.717) is 5.92 Å². The Morgan fingerprint density at radius 2 is 2.04 bits per heavy atom. The minimum absolute atomic E-state index is 0.132. The molecule has 0 aliphatic carbocycles. The molecule has 130 valence electrons. The average Bonchev–Trinajstić information content (AvgIpc) is 3.10. The van der Waals surface area contributed by atoms with Crippen LogP contribution in [0.25, 0.3) is 0 Å². The lowest BCUT2D eigenvalue weighted by Crippen LogP contribution is -2.33. The third kappa shape index (κ3) is 6.07. The molecule has 1 aromatic heterocycles. The molecule has 1 atom stereocenters. The summed E-state index contributed by atoms with van der Waals surface area (Å²) in [7, 11) is 0. The lowest BCUT2D eigenvalue weighted by atomic mass is 9.99. The summed E-state index contributed by atoms with van der Waals surface area (Å²) in [6.07, 6.45) is 10.2. The minimum Gasteiger partial charge on any atom is -0.338 e. The highest BCUT2D eigenvalue weighted by Gasteiger charge is 2.08. The Kier molecular flexibility index (Phi) is 7.33. The van der Waals surface area contributed by atoms with Crippen LogP contribution < -0.4 is 10.6 Å². The zero-order chi connectivity index (χ0) is 17.2. The van der Waals surface area contributed by atoms with E-state index >= 15 is 0 Å². The van der Waals surface area contributed by atoms with Crippen LogP contribution in [0.5, 0.6) is 0 Å². The molecule has 2 N–H and O–H groups in total. The second-order valence-electron chi connectivity index (χ2n) is 6.18. The maximum atomic E-state index is 12.0. The summed E-state index contributed by atoms with van der Waals surface area (Å²) in [6.45, 7) is 5.89. The van der Waals surface area contributed by atoms with Crippen molar-refractivity contribution in [2.75, 3.05) is 11.9 Å². The number of hydrogen-bond donors (Lipinski definition) is 2. The molecule has 2 aromatic rings. The third-order valence-electron chi connectivity index (χ3n) is 4.23. The van der Waals surface area contributed by atoms with Gasteiger partial charge in [0, 0.05) is 31.2 Å². The first-order valence-corrected chi connectivity index (χ1v) is 8.80. The highest BCUT2D eigenvalue weighted by Crippen LogP contribution is 2.12. The highest BCUT2D eigenvalue weighted by atomic mass is 16.2. The van der Waals surface area contributed by atoms with Gasteiger partial charge in [-0.15, -0.1) is 0 Å². The molecule has 5 nitrogen and oxygen atoms in total. The van der Waals surface area contributed by atoms with Gasteiger partial charge in [0.15, 0.2) is 0 Å². The van der Waals surface area contributed by atoms with Gasteiger partial charge in [0.1, 0.15) is 0 Å². The predicted molar refractivity (Wildman–Crippen MR) is 98.1 cm³/mol. The normalized spacial score (nSPS) is 11.9. The summed E-state index contributed by atoms with van der Waals surface area (Å²) in [4.78, 5) is 16.0. The molecule has 0 saturated heterocycles. The summed E-state index contributed by atoms with van der Waals surface area (Å²) in [6, 6.07) is 7.77. The lowest BCUT2D eigenvalue weighted by molar-refractivity contribution is 0.249. The van der Waals surface area contributed by atoms with Gasteiger partial charge in [-0.1, -0.05) is 45.2 Å². The Morgan fingerprint density at radius 1 is 1.25 bits per heavy atom. The number of amides is 2. The van der Waals surface area contributed by atoms with E-state index in [-0.39, 0.29) is 6.03 Å². The van der Waals surface area contributed by atoms with Gasteiger partial charge < -0.3 is 15.2 Å². The molecule has 0 spiro atoms. The van der Waals surface area contributed by atoms with Crippen LogP contribution in [-0.2, 0) is 6.54 Å². The number of hydrogen-bond acceptors (Lipinski definition) is 2. The molecular weight excluding hydrogens is 300 g/mol. The monoisotopic (exact) mass is 328 g/mol. The molecule has 2 amide bonds. The SMILES string of the molecule is CCCCC(CC)CNC(=O)Nc1ccc(Cn2ccnc2)cc1. The number of urea groups is 1. The number of carbonyl (C=O) groups is 1. The van der Waals surface area contributed by atoms with Gasteiger partial charge in [-0.2, -0.15) is 0 Å². The molecule has 2 rings (SSSR count). The fourth-order valence-electron chi connectivity index (χ4n) is 2.64. The van der Waals surface area contributed by atoms with Gasteiger partial charge in [-0.05, 0) is 30.0 Å². The van der Waals surface area contributed by atoms with Crippen LogP contribution in [0, 0.1) is 5.92 Å². The maximum Gasteiger partial charge on any atom is 0.319 e. The van der Waals surface area contributed by atoms with Crippen LogP contribution in [0.15, 0.2) is 43.0 Å². The quantitative estimate of drug-likeness (QED) is 0.722. The van der Waals surface area contributed by atoms with E-state index < -0.39 is 0 Å². The van der Waals surface area contributed by atoms with E-state index in [1.54, 1.807) is 12.5 Å². The number of unbranched alkanes of at least 4 members (excludes halogenated alkanes) is 1. The smallest absolute Gasteiger partial charge is 0.319 e. The van der Waals surface area contributed by atoms with E-state index in [2.05, 4.69) is 29.5 Å². The standard InChI is InChI=1S/C19H28N4O/c1-3-5-6-16(4-2)13-21-19(24)22-18-9-7-17(8-10-18)14-23-12-11-20-15-23/h7-12,15-16H,3-6,13-14H2,1-2H3,(H2,21,22,24). The maximum absolute atomic E-state index is 12.0. The number of carbonyl (C=O) groups excluding carboxylic acids is 1. The fourth-order valence-corrected chi connectivity index (χ4v) is 2.64. The Bertz CT molecular complexity index is 592. The second-order valence-corrected chi connectivity index (χ2v) is 6.18. The first-order chi connectivity index (χ1) is 11.7. The van der Waals surface area contributed by atoms with Crippen LogP contribution in [0.4, 0.5) is 10.5 Å². The first kappa shape index (κ1) is 18.0. The molecular formula is C19H28N4O. The van der Waals surface area contributed by atoms with Crippen molar-refractivity contribution < 1.29 is 4.79 Å². The Hall–Kier alpha value is -2.30. The number of imidazole rings is 1. The Balaban J connectivity index is 1.77. The summed E-state index contributed by atoms with van der Waals surface area (Å²) in [5.41, 5.74) is 1.98. The van der Waals surface area contributed by atoms with Crippen LogP contribution in [0.1, 0.15) is 45.1 Å². The van der Waals surface area contributed by atoms with E-state index in [0.717, 1.165) is 25.2 Å². The van der Waals surface area contributed by atoms with Gasteiger partial charge >= 0.3 is 6.03 Å². The van der Waals surface area contributed by atoms with Gasteiger partial charge in [-0.3, -0.25) is 0 Å². The molecule has 0 aliphatic heterocycles. The van der Waals surface area contributed by atoms with Gasteiger partial charge in [-0.25, -0.2) is 9.78 Å². The van der Waals surface area contributed by atoms with E-state index in [4.69, 9.17) is 0 Å². The average molecular weight is 328 g/mol. The Labute approximate surface area is 144 Å². The van der Waals surface area contributed by atoms with E-state index in [1.807, 2.05) is 35.0 Å². The predicted octanol–water partition coefficient (Wildman–Crippen LogP) is 4.27. The molecule has 0 saturated carbocycles. The van der Waals surface area contributed by atoms with E-state index in [1.165, 1.54) is 24.8 Å². The zero-order valence-corrected chi connectivity index (χ0v) is 14.7.